The number of rotatable bonds is 8. The number of benzene rings is 2. The molecule has 198 valence electrons. The van der Waals surface area contributed by atoms with E-state index < -0.39 is 12.0 Å². The van der Waals surface area contributed by atoms with Crippen molar-refractivity contribution < 1.29 is 14.3 Å². The van der Waals surface area contributed by atoms with E-state index in [4.69, 9.17) is 9.47 Å². The van der Waals surface area contributed by atoms with E-state index in [0.29, 0.717) is 33.0 Å². The molecule has 0 aliphatic carbocycles. The molecule has 1 aliphatic rings. The van der Waals surface area contributed by atoms with Gasteiger partial charge in [-0.1, -0.05) is 36.1 Å². The quantitative estimate of drug-likeness (QED) is 0.166. The van der Waals surface area contributed by atoms with Crippen molar-refractivity contribution in [1.82, 2.24) is 4.57 Å². The molecule has 1 aliphatic heterocycles. The number of esters is 1. The van der Waals surface area contributed by atoms with Crippen molar-refractivity contribution in [3.05, 3.63) is 100 Å². The van der Waals surface area contributed by atoms with Crippen molar-refractivity contribution >= 4 is 67.0 Å². The lowest BCUT2D eigenvalue weighted by Crippen LogP contribution is -2.40. The largest absolute Gasteiger partial charge is 0.487 e. The Kier molecular flexibility index (Phi) is 9.18. The molecule has 2 heterocycles. The monoisotopic (exact) mass is 676 g/mol. The van der Waals surface area contributed by atoms with Crippen LogP contribution < -0.4 is 19.6 Å². The number of nitrogens with zero attached hydrogens (tertiary/aromatic N) is 2. The molecule has 1 aromatic heterocycles. The first-order valence-corrected chi connectivity index (χ1v) is 15.4. The van der Waals surface area contributed by atoms with Crippen molar-refractivity contribution in [2.24, 2.45) is 4.99 Å². The van der Waals surface area contributed by atoms with Crippen LogP contribution in [0, 0.1) is 0 Å². The van der Waals surface area contributed by atoms with E-state index in [1.807, 2.05) is 48.7 Å². The number of thiazole rings is 1. The molecule has 6 nitrogen and oxygen atoms in total. The SMILES string of the molecule is C=CCOc1c(Br)cc(/C=c2\sc3n(c2=O)[C@H](c2ccc(SC)cc2)C(C(=O)OC(C)C)=C(C)N=3)cc1Br. The summed E-state index contributed by atoms with van der Waals surface area (Å²) in [6, 6.07) is 11.0. The zero-order chi connectivity index (χ0) is 27.6. The predicted octanol–water partition coefficient (Wildman–Crippen LogP) is 6.00. The molecule has 0 amide bonds. The van der Waals surface area contributed by atoms with E-state index in [1.54, 1.807) is 43.2 Å². The Balaban J connectivity index is 1.88. The zero-order valence-corrected chi connectivity index (χ0v) is 26.1. The number of allylic oxidation sites excluding steroid dienone is 1. The standard InChI is InChI=1S/C28H26Br2N2O4S2/c1-6-11-35-25-20(29)12-17(13-21(25)30)14-22-26(33)32-24(18-7-9-19(37-5)10-8-18)23(27(34)36-15(2)3)16(4)31-28(32)38-22/h6-10,12-15,24H,1,11H2,2-5H3/b22-14-/t24-/m1/s1. The second-order valence-electron chi connectivity index (χ2n) is 8.72. The third kappa shape index (κ3) is 5.93. The van der Waals surface area contributed by atoms with Gasteiger partial charge in [0.25, 0.3) is 5.56 Å². The molecule has 1 atom stereocenters. The van der Waals surface area contributed by atoms with E-state index >= 15 is 0 Å². The van der Waals surface area contributed by atoms with Crippen LogP contribution in [0.5, 0.6) is 5.75 Å². The van der Waals surface area contributed by atoms with E-state index in [0.717, 1.165) is 25.0 Å². The maximum atomic E-state index is 13.8. The Morgan fingerprint density at radius 2 is 1.89 bits per heavy atom. The van der Waals surface area contributed by atoms with Crippen LogP contribution in [-0.2, 0) is 9.53 Å². The van der Waals surface area contributed by atoms with Crippen molar-refractivity contribution in [3.8, 4) is 5.75 Å². The second kappa shape index (κ2) is 12.2. The third-order valence-electron chi connectivity index (χ3n) is 5.68. The van der Waals surface area contributed by atoms with E-state index in [2.05, 4.69) is 43.4 Å². The summed E-state index contributed by atoms with van der Waals surface area (Å²) in [6.45, 7) is 9.44. The highest BCUT2D eigenvalue weighted by atomic mass is 79.9. The topological polar surface area (TPSA) is 69.9 Å². The van der Waals surface area contributed by atoms with Gasteiger partial charge in [0, 0.05) is 4.90 Å². The Labute approximate surface area is 246 Å². The Morgan fingerprint density at radius 1 is 1.24 bits per heavy atom. The number of thioether (sulfide) groups is 1. The molecule has 0 unspecified atom stereocenters. The lowest BCUT2D eigenvalue weighted by Gasteiger charge is -2.25. The summed E-state index contributed by atoms with van der Waals surface area (Å²) in [6.07, 6.45) is 5.19. The van der Waals surface area contributed by atoms with Gasteiger partial charge < -0.3 is 9.47 Å². The normalized spacial score (nSPS) is 15.3. The third-order valence-corrected chi connectivity index (χ3v) is 8.58. The fraction of sp³-hybridized carbons (Fsp3) is 0.250. The average molecular weight is 678 g/mol. The molecular formula is C28H26Br2N2O4S2. The van der Waals surface area contributed by atoms with Gasteiger partial charge >= 0.3 is 5.97 Å². The zero-order valence-electron chi connectivity index (χ0n) is 21.3. The Morgan fingerprint density at radius 3 is 2.47 bits per heavy atom. The van der Waals surface area contributed by atoms with E-state index in [9.17, 15) is 9.59 Å². The fourth-order valence-corrected chi connectivity index (χ4v) is 6.96. The van der Waals surface area contributed by atoms with Crippen LogP contribution in [0.4, 0.5) is 0 Å². The number of fused-ring (bicyclic) bond motifs is 1. The molecular weight excluding hydrogens is 652 g/mol. The molecule has 2 aromatic carbocycles. The molecule has 10 heteroatoms. The lowest BCUT2D eigenvalue weighted by atomic mass is 9.96. The molecule has 0 N–H and O–H groups in total. The Bertz CT molecular complexity index is 1580. The predicted molar refractivity (Wildman–Crippen MR) is 161 cm³/mol. The van der Waals surface area contributed by atoms with Crippen LogP contribution >= 0.6 is 55.0 Å². The second-order valence-corrected chi connectivity index (χ2v) is 12.3. The molecule has 0 fully saturated rings. The van der Waals surface area contributed by atoms with Crippen molar-refractivity contribution in [2.75, 3.05) is 12.9 Å². The number of ether oxygens (including phenoxy) is 2. The van der Waals surface area contributed by atoms with Gasteiger partial charge in [-0.15, -0.1) is 11.8 Å². The first-order valence-electron chi connectivity index (χ1n) is 11.7. The molecule has 4 rings (SSSR count). The maximum Gasteiger partial charge on any atom is 0.338 e. The summed E-state index contributed by atoms with van der Waals surface area (Å²) in [5.74, 6) is 0.179. The highest BCUT2D eigenvalue weighted by Crippen LogP contribution is 2.35. The summed E-state index contributed by atoms with van der Waals surface area (Å²) in [7, 11) is 0. The number of hydrogen-bond donors (Lipinski definition) is 0. The van der Waals surface area contributed by atoms with Gasteiger partial charge in [-0.25, -0.2) is 9.79 Å². The van der Waals surface area contributed by atoms with Crippen LogP contribution in [0.25, 0.3) is 6.08 Å². The van der Waals surface area contributed by atoms with Gasteiger partial charge in [0.1, 0.15) is 12.4 Å². The Hall–Kier alpha value is -2.40. The van der Waals surface area contributed by atoms with Crippen molar-refractivity contribution in [1.29, 1.82) is 0 Å². The summed E-state index contributed by atoms with van der Waals surface area (Å²) in [5, 5.41) is 0. The van der Waals surface area contributed by atoms with Crippen LogP contribution in [0.2, 0.25) is 0 Å². The number of hydrogen-bond acceptors (Lipinski definition) is 7. The molecule has 0 bridgehead atoms. The molecule has 0 spiro atoms. The molecule has 38 heavy (non-hydrogen) atoms. The molecule has 3 aromatic rings. The summed E-state index contributed by atoms with van der Waals surface area (Å²) < 4.78 is 14.9. The van der Waals surface area contributed by atoms with E-state index in [1.165, 1.54) is 11.3 Å². The van der Waals surface area contributed by atoms with Crippen molar-refractivity contribution in [3.63, 3.8) is 0 Å². The minimum Gasteiger partial charge on any atom is -0.487 e. The summed E-state index contributed by atoms with van der Waals surface area (Å²) >= 11 is 10.0. The summed E-state index contributed by atoms with van der Waals surface area (Å²) in [5.41, 5.74) is 2.29. The number of carbonyl (C=O) groups is 1. The lowest BCUT2D eigenvalue weighted by molar-refractivity contribution is -0.143. The number of carbonyl (C=O) groups excluding carboxylic acids is 1. The van der Waals surface area contributed by atoms with Gasteiger partial charge in [0.2, 0.25) is 0 Å². The number of aromatic nitrogens is 1. The smallest absolute Gasteiger partial charge is 0.338 e. The molecule has 0 radical (unpaired) electrons. The van der Waals surface area contributed by atoms with Crippen LogP contribution in [-0.4, -0.2) is 29.5 Å². The van der Waals surface area contributed by atoms with Gasteiger partial charge in [0.15, 0.2) is 4.80 Å². The highest BCUT2D eigenvalue weighted by Gasteiger charge is 2.33. The van der Waals surface area contributed by atoms with Gasteiger partial charge in [-0.2, -0.15) is 0 Å². The fourth-order valence-electron chi connectivity index (χ4n) is 4.06. The van der Waals surface area contributed by atoms with Crippen LogP contribution in [0.15, 0.2) is 84.0 Å². The molecule has 0 saturated heterocycles. The summed E-state index contributed by atoms with van der Waals surface area (Å²) in [4.78, 5) is 33.4. The maximum absolute atomic E-state index is 13.8. The van der Waals surface area contributed by atoms with E-state index in [-0.39, 0.29) is 11.7 Å². The molecule has 0 saturated carbocycles. The first kappa shape index (κ1) is 28.6. The van der Waals surface area contributed by atoms with Gasteiger partial charge in [0.05, 0.1) is 36.9 Å². The minimum atomic E-state index is -0.649. The van der Waals surface area contributed by atoms with Gasteiger partial charge in [-0.3, -0.25) is 9.36 Å². The van der Waals surface area contributed by atoms with Crippen LogP contribution in [0.3, 0.4) is 0 Å². The van der Waals surface area contributed by atoms with Gasteiger partial charge in [-0.05, 0) is 100 Å². The van der Waals surface area contributed by atoms with Crippen LogP contribution in [0.1, 0.15) is 37.9 Å². The highest BCUT2D eigenvalue weighted by molar-refractivity contribution is 9.11. The first-order chi connectivity index (χ1) is 18.1. The number of halogens is 2. The minimum absolute atomic E-state index is 0.228. The average Bonchev–Trinajstić information content (AvgIpc) is 3.16. The van der Waals surface area contributed by atoms with Crippen molar-refractivity contribution in [2.45, 2.75) is 37.8 Å².